The maximum absolute atomic E-state index is 12.3. The molecule has 2 fully saturated rings. The fourth-order valence-electron chi connectivity index (χ4n) is 3.91. The van der Waals surface area contributed by atoms with Gasteiger partial charge in [-0.05, 0) is 50.2 Å². The van der Waals surface area contributed by atoms with Gasteiger partial charge in [-0.3, -0.25) is 19.2 Å². The van der Waals surface area contributed by atoms with Crippen LogP contribution in [0.3, 0.4) is 0 Å². The summed E-state index contributed by atoms with van der Waals surface area (Å²) in [6.07, 6.45) is 5.48. The molecule has 3 rings (SSSR count). The third-order valence-electron chi connectivity index (χ3n) is 5.61. The van der Waals surface area contributed by atoms with Crippen molar-refractivity contribution in [3.63, 3.8) is 0 Å². The molecule has 0 radical (unpaired) electrons. The number of allylic oxidation sites excluding steroid dienone is 2. The zero-order valence-electron chi connectivity index (χ0n) is 15.3. The van der Waals surface area contributed by atoms with E-state index in [1.165, 1.54) is 12.2 Å². The first-order chi connectivity index (χ1) is 13.1. The lowest BCUT2D eigenvalue weighted by molar-refractivity contribution is -0.201. The van der Waals surface area contributed by atoms with E-state index in [2.05, 4.69) is 0 Å². The molecule has 1 saturated heterocycles. The summed E-state index contributed by atoms with van der Waals surface area (Å²) in [7, 11) is -3.77. The van der Waals surface area contributed by atoms with Crippen LogP contribution in [0, 0.1) is 17.8 Å². The van der Waals surface area contributed by atoms with E-state index in [-0.39, 0.29) is 22.5 Å². The minimum absolute atomic E-state index is 0.131. The van der Waals surface area contributed by atoms with E-state index in [0.29, 0.717) is 32.1 Å². The Balaban J connectivity index is 1.52. The third kappa shape index (κ3) is 4.06. The molecule has 0 aromatic rings. The Morgan fingerprint density at radius 3 is 2.14 bits per heavy atom. The zero-order valence-corrected chi connectivity index (χ0v) is 16.1. The normalized spacial score (nSPS) is 29.0. The van der Waals surface area contributed by atoms with Crippen molar-refractivity contribution in [3.05, 3.63) is 12.2 Å². The van der Waals surface area contributed by atoms with Crippen LogP contribution in [0.25, 0.3) is 0 Å². The molecule has 9 nitrogen and oxygen atoms in total. The van der Waals surface area contributed by atoms with Gasteiger partial charge in [0.1, 0.15) is 0 Å². The molecule has 1 saturated carbocycles. The predicted octanol–water partition coefficient (Wildman–Crippen LogP) is 0.137. The van der Waals surface area contributed by atoms with Gasteiger partial charge in [-0.15, -0.1) is 5.06 Å². The Morgan fingerprint density at radius 2 is 1.64 bits per heavy atom. The number of hydrogen-bond donors (Lipinski definition) is 0. The molecule has 10 heteroatoms. The van der Waals surface area contributed by atoms with Crippen LogP contribution >= 0.6 is 0 Å². The summed E-state index contributed by atoms with van der Waals surface area (Å²) in [5, 5.41) is -1.25. The van der Waals surface area contributed by atoms with Crippen LogP contribution in [0.1, 0.15) is 38.5 Å². The second-order valence-corrected chi connectivity index (χ2v) is 9.83. The first-order valence-electron chi connectivity index (χ1n) is 9.11. The molecule has 0 aromatic heterocycles. The van der Waals surface area contributed by atoms with Crippen molar-refractivity contribution in [2.75, 3.05) is 6.26 Å². The lowest BCUT2D eigenvalue weighted by atomic mass is 9.77. The van der Waals surface area contributed by atoms with Gasteiger partial charge in [0.2, 0.25) is 0 Å². The van der Waals surface area contributed by atoms with Gasteiger partial charge >= 0.3 is 5.97 Å². The van der Waals surface area contributed by atoms with E-state index in [1.807, 2.05) is 0 Å². The number of amides is 2. The minimum atomic E-state index is -3.77. The van der Waals surface area contributed by atoms with E-state index in [1.54, 1.807) is 0 Å². The highest BCUT2D eigenvalue weighted by molar-refractivity contribution is 7.92. The Labute approximate surface area is 161 Å². The minimum Gasteiger partial charge on any atom is -0.330 e. The van der Waals surface area contributed by atoms with Crippen molar-refractivity contribution in [2.45, 2.75) is 43.8 Å². The van der Waals surface area contributed by atoms with Crippen LogP contribution in [0.5, 0.6) is 0 Å². The number of carbonyl (C=O) groups is 5. The topological polar surface area (TPSA) is 132 Å². The van der Waals surface area contributed by atoms with Crippen LogP contribution in [0.2, 0.25) is 0 Å². The number of hydrogen-bond acceptors (Lipinski definition) is 8. The summed E-state index contributed by atoms with van der Waals surface area (Å²) < 4.78 is 23.1. The zero-order chi connectivity index (χ0) is 20.6. The number of ketones is 2. The number of hydroxylamine groups is 2. The number of imide groups is 1. The van der Waals surface area contributed by atoms with Crippen molar-refractivity contribution in [3.8, 4) is 0 Å². The quantitative estimate of drug-likeness (QED) is 0.461. The van der Waals surface area contributed by atoms with E-state index in [4.69, 9.17) is 4.84 Å². The van der Waals surface area contributed by atoms with Crippen LogP contribution < -0.4 is 0 Å². The first kappa shape index (κ1) is 20.4. The summed E-state index contributed by atoms with van der Waals surface area (Å²) in [5.74, 6) is -4.02. The molecular formula is C18H21NO8S. The number of carbonyl (C=O) groups excluding carboxylic acids is 5. The van der Waals surface area contributed by atoms with Crippen molar-refractivity contribution in [1.29, 1.82) is 0 Å². The molecule has 1 aliphatic heterocycles. The molecule has 0 spiro atoms. The van der Waals surface area contributed by atoms with Crippen molar-refractivity contribution >= 4 is 39.2 Å². The van der Waals surface area contributed by atoms with Crippen LogP contribution in [0.4, 0.5) is 0 Å². The fourth-order valence-corrected chi connectivity index (χ4v) is 4.82. The second-order valence-electron chi connectivity index (χ2n) is 7.60. The summed E-state index contributed by atoms with van der Waals surface area (Å²) in [5.41, 5.74) is 0. The smallest absolute Gasteiger partial charge is 0.330 e. The van der Waals surface area contributed by atoms with Crippen LogP contribution in [-0.4, -0.2) is 54.3 Å². The molecule has 0 N–H and O–H groups in total. The summed E-state index contributed by atoms with van der Waals surface area (Å²) in [6, 6.07) is 0. The highest BCUT2D eigenvalue weighted by Crippen LogP contribution is 2.35. The van der Waals surface area contributed by atoms with Crippen molar-refractivity contribution in [2.24, 2.45) is 17.8 Å². The van der Waals surface area contributed by atoms with Gasteiger partial charge in [-0.1, -0.05) is 0 Å². The molecular weight excluding hydrogens is 390 g/mol. The third-order valence-corrected chi connectivity index (χ3v) is 7.01. The second kappa shape index (κ2) is 7.57. The molecule has 152 valence electrons. The maximum atomic E-state index is 12.3. The van der Waals surface area contributed by atoms with E-state index in [0.717, 1.165) is 6.26 Å². The molecule has 1 heterocycles. The van der Waals surface area contributed by atoms with E-state index >= 15 is 0 Å². The SMILES string of the molecule is CS(=O)(=O)C1CC(=O)N(OC(=O)C2CCC(CC3C(=O)C=CC3=O)CC2)C1=O. The average molecular weight is 411 g/mol. The molecule has 0 aromatic carbocycles. The van der Waals surface area contributed by atoms with Gasteiger partial charge in [0.15, 0.2) is 26.7 Å². The Morgan fingerprint density at radius 1 is 1.07 bits per heavy atom. The Kier molecular flexibility index (Phi) is 5.51. The van der Waals surface area contributed by atoms with Gasteiger partial charge in [0.05, 0.1) is 18.3 Å². The summed E-state index contributed by atoms with van der Waals surface area (Å²) in [6.45, 7) is 0. The van der Waals surface area contributed by atoms with Gasteiger partial charge in [0.25, 0.3) is 11.8 Å². The fraction of sp³-hybridized carbons (Fsp3) is 0.611. The maximum Gasteiger partial charge on any atom is 0.336 e. The highest BCUT2D eigenvalue weighted by atomic mass is 32.2. The van der Waals surface area contributed by atoms with Crippen LogP contribution in [-0.2, 0) is 38.6 Å². The molecule has 2 amide bonds. The number of nitrogens with zero attached hydrogens (tertiary/aromatic N) is 1. The number of rotatable bonds is 5. The number of sulfone groups is 1. The molecule has 28 heavy (non-hydrogen) atoms. The lowest BCUT2D eigenvalue weighted by Crippen LogP contribution is -2.38. The van der Waals surface area contributed by atoms with Gasteiger partial charge in [-0.25, -0.2) is 13.2 Å². The van der Waals surface area contributed by atoms with Crippen molar-refractivity contribution in [1.82, 2.24) is 5.06 Å². The van der Waals surface area contributed by atoms with E-state index < -0.39 is 51.1 Å². The van der Waals surface area contributed by atoms with Gasteiger partial charge in [0, 0.05) is 6.26 Å². The molecule has 0 bridgehead atoms. The monoisotopic (exact) mass is 411 g/mol. The van der Waals surface area contributed by atoms with Crippen LogP contribution in [0.15, 0.2) is 12.2 Å². The van der Waals surface area contributed by atoms with Crippen molar-refractivity contribution < 1.29 is 37.2 Å². The highest BCUT2D eigenvalue weighted by Gasteiger charge is 2.47. The standard InChI is InChI=1S/C18H21NO8S/c1-28(25,26)15-9-16(22)19(17(15)23)27-18(24)11-4-2-10(3-5-11)8-12-13(20)6-7-14(12)21/h6-7,10-12,15H,2-5,8-9H2,1H3. The summed E-state index contributed by atoms with van der Waals surface area (Å²) >= 11 is 0. The predicted molar refractivity (Wildman–Crippen MR) is 93.9 cm³/mol. The Bertz CT molecular complexity index is 848. The molecule has 1 atom stereocenters. The average Bonchev–Trinajstić information content (AvgIpc) is 3.09. The van der Waals surface area contributed by atoms with Gasteiger partial charge in [-0.2, -0.15) is 0 Å². The van der Waals surface area contributed by atoms with E-state index in [9.17, 15) is 32.4 Å². The first-order valence-corrected chi connectivity index (χ1v) is 11.1. The Hall–Kier alpha value is -2.36. The van der Waals surface area contributed by atoms with Gasteiger partial charge < -0.3 is 4.84 Å². The molecule has 3 aliphatic rings. The molecule has 1 unspecified atom stereocenters. The lowest BCUT2D eigenvalue weighted by Gasteiger charge is -2.28. The summed E-state index contributed by atoms with van der Waals surface area (Å²) in [4.78, 5) is 64.5. The largest absolute Gasteiger partial charge is 0.336 e. The molecule has 2 aliphatic carbocycles.